The van der Waals surface area contributed by atoms with Gasteiger partial charge in [-0.05, 0) is 56.5 Å². The fourth-order valence-corrected chi connectivity index (χ4v) is 5.56. The van der Waals surface area contributed by atoms with Crippen molar-refractivity contribution in [3.63, 3.8) is 0 Å². The van der Waals surface area contributed by atoms with E-state index >= 15 is 0 Å². The van der Waals surface area contributed by atoms with Crippen LogP contribution in [0.1, 0.15) is 31.2 Å². The van der Waals surface area contributed by atoms with E-state index in [1.807, 2.05) is 12.1 Å². The summed E-state index contributed by atoms with van der Waals surface area (Å²) in [5.41, 5.74) is 2.44. The number of fused-ring (bicyclic) bond motifs is 4. The molecule has 5 rings (SSSR count). The third kappa shape index (κ3) is 3.44. The van der Waals surface area contributed by atoms with Crippen LogP contribution in [0.15, 0.2) is 24.5 Å². The number of hydrogen-bond donors (Lipinski definition) is 1. The van der Waals surface area contributed by atoms with E-state index < -0.39 is 12.7 Å². The lowest BCUT2D eigenvalue weighted by atomic mass is 9.94. The highest BCUT2D eigenvalue weighted by Crippen LogP contribution is 2.38. The maximum atomic E-state index is 13.2. The summed E-state index contributed by atoms with van der Waals surface area (Å²) in [6, 6.07) is 5.52. The van der Waals surface area contributed by atoms with Gasteiger partial charge in [-0.1, -0.05) is 17.7 Å². The quantitative estimate of drug-likeness (QED) is 0.596. The Kier molecular flexibility index (Phi) is 4.91. The van der Waals surface area contributed by atoms with Gasteiger partial charge < -0.3 is 9.88 Å². The zero-order valence-electron chi connectivity index (χ0n) is 16.5. The van der Waals surface area contributed by atoms with Crippen molar-refractivity contribution in [1.29, 1.82) is 0 Å². The van der Waals surface area contributed by atoms with Crippen molar-refractivity contribution in [3.8, 4) is 0 Å². The standard InChI is InChI=1S/C21H23ClF3N5/c22-19-18-17(27-13-28-19)15-9-14(3-4-16(15)30(18)12-21(23,24)25)10-26-11-20-5-1-7-29(20)8-2-6-20/h3-4,9,13,26H,1-2,5-8,10-12H2. The largest absolute Gasteiger partial charge is 0.406 e. The van der Waals surface area contributed by atoms with E-state index in [9.17, 15) is 13.2 Å². The minimum Gasteiger partial charge on any atom is -0.327 e. The second kappa shape index (κ2) is 7.35. The van der Waals surface area contributed by atoms with Crippen molar-refractivity contribution in [2.75, 3.05) is 19.6 Å². The van der Waals surface area contributed by atoms with Crippen LogP contribution >= 0.6 is 11.6 Å². The van der Waals surface area contributed by atoms with Crippen LogP contribution in [-0.4, -0.2) is 50.8 Å². The molecule has 0 unspecified atom stereocenters. The Hall–Kier alpha value is -1.90. The molecule has 160 valence electrons. The van der Waals surface area contributed by atoms with Crippen molar-refractivity contribution < 1.29 is 13.2 Å². The van der Waals surface area contributed by atoms with Crippen LogP contribution in [0.5, 0.6) is 0 Å². The van der Waals surface area contributed by atoms with Gasteiger partial charge in [-0.2, -0.15) is 13.2 Å². The van der Waals surface area contributed by atoms with E-state index in [1.165, 1.54) is 45.1 Å². The minimum atomic E-state index is -4.37. The molecule has 2 aliphatic heterocycles. The molecule has 1 aromatic carbocycles. The van der Waals surface area contributed by atoms with Gasteiger partial charge in [0, 0.05) is 24.0 Å². The minimum absolute atomic E-state index is 0.0294. The number of nitrogens with zero attached hydrogens (tertiary/aromatic N) is 4. The molecule has 0 bridgehead atoms. The van der Waals surface area contributed by atoms with Gasteiger partial charge in [0.05, 0.1) is 5.52 Å². The molecule has 0 saturated carbocycles. The van der Waals surface area contributed by atoms with E-state index in [0.29, 0.717) is 23.0 Å². The van der Waals surface area contributed by atoms with Gasteiger partial charge in [0.15, 0.2) is 5.15 Å². The number of halogens is 4. The first-order valence-corrected chi connectivity index (χ1v) is 10.7. The molecule has 9 heteroatoms. The van der Waals surface area contributed by atoms with Crippen molar-refractivity contribution in [2.45, 2.75) is 50.5 Å². The third-order valence-electron chi connectivity index (χ3n) is 6.59. The molecule has 2 fully saturated rings. The number of hydrogen-bond acceptors (Lipinski definition) is 4. The van der Waals surface area contributed by atoms with Crippen LogP contribution in [0.3, 0.4) is 0 Å². The molecule has 0 atom stereocenters. The Labute approximate surface area is 177 Å². The summed E-state index contributed by atoms with van der Waals surface area (Å²) in [7, 11) is 0. The van der Waals surface area contributed by atoms with Gasteiger partial charge in [0.25, 0.3) is 0 Å². The van der Waals surface area contributed by atoms with Crippen molar-refractivity contribution in [2.24, 2.45) is 0 Å². The summed E-state index contributed by atoms with van der Waals surface area (Å²) in [5, 5.41) is 4.28. The highest BCUT2D eigenvalue weighted by Gasteiger charge is 2.43. The lowest BCUT2D eigenvalue weighted by molar-refractivity contribution is -0.139. The lowest BCUT2D eigenvalue weighted by Gasteiger charge is -2.32. The van der Waals surface area contributed by atoms with Crippen LogP contribution in [0.25, 0.3) is 21.9 Å². The second-order valence-electron chi connectivity index (χ2n) is 8.44. The first-order chi connectivity index (χ1) is 14.4. The van der Waals surface area contributed by atoms with Crippen molar-refractivity contribution in [1.82, 2.24) is 24.8 Å². The molecule has 0 aliphatic carbocycles. The molecule has 4 heterocycles. The first kappa shape index (κ1) is 20.0. The van der Waals surface area contributed by atoms with Crippen LogP contribution in [-0.2, 0) is 13.1 Å². The van der Waals surface area contributed by atoms with E-state index in [4.69, 9.17) is 11.6 Å². The molecule has 0 radical (unpaired) electrons. The average Bonchev–Trinajstić information content (AvgIpc) is 3.33. The molecule has 2 aliphatic rings. The van der Waals surface area contributed by atoms with Gasteiger partial charge in [-0.15, -0.1) is 0 Å². The van der Waals surface area contributed by atoms with Gasteiger partial charge in [0.2, 0.25) is 0 Å². The molecule has 5 nitrogen and oxygen atoms in total. The maximum absolute atomic E-state index is 13.2. The van der Waals surface area contributed by atoms with E-state index in [2.05, 4.69) is 20.2 Å². The van der Waals surface area contributed by atoms with Gasteiger partial charge >= 0.3 is 6.18 Å². The fraction of sp³-hybridized carbons (Fsp3) is 0.524. The van der Waals surface area contributed by atoms with Gasteiger partial charge in [-0.3, -0.25) is 4.90 Å². The Morgan fingerprint density at radius 2 is 1.90 bits per heavy atom. The monoisotopic (exact) mass is 437 g/mol. The van der Waals surface area contributed by atoms with Crippen LogP contribution in [0.4, 0.5) is 13.2 Å². The predicted molar refractivity (Wildman–Crippen MR) is 111 cm³/mol. The highest BCUT2D eigenvalue weighted by atomic mass is 35.5. The molecule has 3 aromatic rings. The number of rotatable bonds is 5. The lowest BCUT2D eigenvalue weighted by Crippen LogP contribution is -2.46. The summed E-state index contributed by atoms with van der Waals surface area (Å²) < 4.78 is 40.7. The van der Waals surface area contributed by atoms with E-state index in [0.717, 1.165) is 16.7 Å². The van der Waals surface area contributed by atoms with Crippen molar-refractivity contribution >= 4 is 33.5 Å². The summed E-state index contributed by atoms with van der Waals surface area (Å²) >= 11 is 6.15. The Balaban J connectivity index is 1.44. The second-order valence-corrected chi connectivity index (χ2v) is 8.79. The summed E-state index contributed by atoms with van der Waals surface area (Å²) in [6.45, 7) is 2.85. The molecule has 0 spiro atoms. The Morgan fingerprint density at radius 1 is 1.13 bits per heavy atom. The number of alkyl halides is 3. The maximum Gasteiger partial charge on any atom is 0.406 e. The average molecular weight is 438 g/mol. The zero-order valence-corrected chi connectivity index (χ0v) is 17.2. The molecular formula is C21H23ClF3N5. The number of nitrogens with one attached hydrogen (secondary N) is 1. The summed E-state index contributed by atoms with van der Waals surface area (Å²) in [6.07, 6.45) is 1.91. The molecule has 1 N–H and O–H groups in total. The topological polar surface area (TPSA) is 46.0 Å². The van der Waals surface area contributed by atoms with Gasteiger partial charge in [0.1, 0.15) is 23.9 Å². The fourth-order valence-electron chi connectivity index (χ4n) is 5.33. The molecule has 0 amide bonds. The van der Waals surface area contributed by atoms with E-state index in [-0.39, 0.29) is 16.2 Å². The highest BCUT2D eigenvalue weighted by molar-refractivity contribution is 6.34. The number of aromatic nitrogens is 3. The van der Waals surface area contributed by atoms with Crippen molar-refractivity contribution in [3.05, 3.63) is 35.2 Å². The Bertz CT molecular complexity index is 1080. The van der Waals surface area contributed by atoms with E-state index in [1.54, 1.807) is 6.07 Å². The normalized spacial score (nSPS) is 19.2. The number of benzene rings is 1. The molecule has 2 saturated heterocycles. The zero-order chi connectivity index (χ0) is 20.9. The molecular weight excluding hydrogens is 415 g/mol. The molecule has 2 aromatic heterocycles. The smallest absolute Gasteiger partial charge is 0.327 e. The van der Waals surface area contributed by atoms with Crippen LogP contribution < -0.4 is 5.32 Å². The Morgan fingerprint density at radius 3 is 2.63 bits per heavy atom. The van der Waals surface area contributed by atoms with Gasteiger partial charge in [-0.25, -0.2) is 9.97 Å². The summed E-state index contributed by atoms with van der Waals surface area (Å²) in [4.78, 5) is 10.7. The van der Waals surface area contributed by atoms with Crippen LogP contribution in [0, 0.1) is 0 Å². The predicted octanol–water partition coefficient (Wildman–Crippen LogP) is 4.52. The van der Waals surface area contributed by atoms with Crippen LogP contribution in [0.2, 0.25) is 5.15 Å². The third-order valence-corrected chi connectivity index (χ3v) is 6.86. The first-order valence-electron chi connectivity index (χ1n) is 10.3. The molecule has 30 heavy (non-hydrogen) atoms. The summed E-state index contributed by atoms with van der Waals surface area (Å²) in [5.74, 6) is 0. The SMILES string of the molecule is FC(F)(F)Cn1c2ccc(CNCC34CCCN3CCC4)cc2c2ncnc(Cl)c21.